The van der Waals surface area contributed by atoms with Gasteiger partial charge in [0, 0.05) is 10.6 Å². The minimum atomic E-state index is -0.366. The van der Waals surface area contributed by atoms with Crippen molar-refractivity contribution in [2.24, 2.45) is 0 Å². The zero-order valence-electron chi connectivity index (χ0n) is 12.5. The first-order valence-corrected chi connectivity index (χ1v) is 8.34. The van der Waals surface area contributed by atoms with Crippen molar-refractivity contribution in [2.45, 2.75) is 6.92 Å². The maximum atomic E-state index is 12.5. The number of carbonyl (C=O) groups is 1. The Morgan fingerprint density at radius 2 is 1.87 bits per heavy atom. The SMILES string of the molecule is CCOC(=O)c1c(-c2cccc(Cl)c2)nsc1-c1ccccc1. The molecule has 1 aromatic heterocycles. The van der Waals surface area contributed by atoms with Crippen molar-refractivity contribution in [2.75, 3.05) is 6.61 Å². The fourth-order valence-electron chi connectivity index (χ4n) is 2.30. The molecule has 3 rings (SSSR count). The summed E-state index contributed by atoms with van der Waals surface area (Å²) in [4.78, 5) is 13.3. The lowest BCUT2D eigenvalue weighted by atomic mass is 10.0. The lowest BCUT2D eigenvalue weighted by molar-refractivity contribution is 0.0528. The second kappa shape index (κ2) is 6.94. The lowest BCUT2D eigenvalue weighted by Gasteiger charge is -2.06. The molecule has 0 saturated heterocycles. The fraction of sp³-hybridized carbons (Fsp3) is 0.111. The van der Waals surface area contributed by atoms with Crippen LogP contribution in [0.2, 0.25) is 5.02 Å². The van der Waals surface area contributed by atoms with Crippen LogP contribution in [0.5, 0.6) is 0 Å². The van der Waals surface area contributed by atoms with Gasteiger partial charge in [0.25, 0.3) is 0 Å². The molecule has 0 saturated carbocycles. The third-order valence-corrected chi connectivity index (χ3v) is 4.44. The molecule has 0 spiro atoms. The Labute approximate surface area is 143 Å². The monoisotopic (exact) mass is 343 g/mol. The molecule has 0 fully saturated rings. The van der Waals surface area contributed by atoms with Crippen LogP contribution in [0, 0.1) is 0 Å². The van der Waals surface area contributed by atoms with Gasteiger partial charge < -0.3 is 4.74 Å². The van der Waals surface area contributed by atoms with E-state index in [2.05, 4.69) is 4.37 Å². The van der Waals surface area contributed by atoms with Crippen LogP contribution in [-0.2, 0) is 4.74 Å². The van der Waals surface area contributed by atoms with Crippen LogP contribution in [0.15, 0.2) is 54.6 Å². The lowest BCUT2D eigenvalue weighted by Crippen LogP contribution is -2.06. The summed E-state index contributed by atoms with van der Waals surface area (Å²) in [5.74, 6) is -0.366. The van der Waals surface area contributed by atoms with Gasteiger partial charge in [0.05, 0.1) is 17.2 Å². The fourth-order valence-corrected chi connectivity index (χ4v) is 3.38. The van der Waals surface area contributed by atoms with Gasteiger partial charge in [-0.25, -0.2) is 4.79 Å². The highest BCUT2D eigenvalue weighted by molar-refractivity contribution is 7.10. The van der Waals surface area contributed by atoms with E-state index >= 15 is 0 Å². The predicted octanol–water partition coefficient (Wildman–Crippen LogP) is 5.31. The summed E-state index contributed by atoms with van der Waals surface area (Å²) in [7, 11) is 0. The molecule has 0 atom stereocenters. The van der Waals surface area contributed by atoms with Crippen LogP contribution in [0.1, 0.15) is 17.3 Å². The first-order valence-electron chi connectivity index (χ1n) is 7.19. The number of hydrogen-bond acceptors (Lipinski definition) is 4. The Balaban J connectivity index is 2.17. The Hall–Kier alpha value is -2.17. The van der Waals surface area contributed by atoms with Gasteiger partial charge >= 0.3 is 5.97 Å². The van der Waals surface area contributed by atoms with Gasteiger partial charge in [-0.3, -0.25) is 0 Å². The van der Waals surface area contributed by atoms with E-state index in [4.69, 9.17) is 16.3 Å². The molecule has 0 unspecified atom stereocenters. The number of aromatic nitrogens is 1. The Morgan fingerprint density at radius 1 is 1.13 bits per heavy atom. The van der Waals surface area contributed by atoms with Crippen LogP contribution in [0.3, 0.4) is 0 Å². The summed E-state index contributed by atoms with van der Waals surface area (Å²) in [6.45, 7) is 2.11. The number of hydrogen-bond donors (Lipinski definition) is 0. The van der Waals surface area contributed by atoms with Crippen LogP contribution >= 0.6 is 23.1 Å². The standard InChI is InChI=1S/C18H14ClNO2S/c1-2-22-18(21)15-16(13-9-6-10-14(19)11-13)20-23-17(15)12-7-4-3-5-8-12/h3-11H,2H2,1H3. The minimum absolute atomic E-state index is 0.317. The average molecular weight is 344 g/mol. The number of benzene rings is 2. The molecule has 1 heterocycles. The van der Waals surface area contributed by atoms with Crippen LogP contribution in [0.4, 0.5) is 0 Å². The van der Waals surface area contributed by atoms with E-state index in [1.807, 2.05) is 42.5 Å². The van der Waals surface area contributed by atoms with E-state index in [-0.39, 0.29) is 5.97 Å². The largest absolute Gasteiger partial charge is 0.462 e. The van der Waals surface area contributed by atoms with E-state index in [1.54, 1.807) is 19.1 Å². The molecule has 0 amide bonds. The average Bonchev–Trinajstić information content (AvgIpc) is 3.01. The number of carbonyl (C=O) groups excluding carboxylic acids is 1. The maximum Gasteiger partial charge on any atom is 0.341 e. The minimum Gasteiger partial charge on any atom is -0.462 e. The van der Waals surface area contributed by atoms with E-state index in [0.717, 1.165) is 16.0 Å². The zero-order valence-corrected chi connectivity index (χ0v) is 14.0. The highest BCUT2D eigenvalue weighted by Gasteiger charge is 2.24. The summed E-state index contributed by atoms with van der Waals surface area (Å²) in [6.07, 6.45) is 0. The van der Waals surface area contributed by atoms with Gasteiger partial charge in [-0.05, 0) is 36.2 Å². The maximum absolute atomic E-state index is 12.5. The quantitative estimate of drug-likeness (QED) is 0.603. The van der Waals surface area contributed by atoms with Crippen LogP contribution < -0.4 is 0 Å². The highest BCUT2D eigenvalue weighted by atomic mass is 35.5. The van der Waals surface area contributed by atoms with Crippen molar-refractivity contribution in [3.63, 3.8) is 0 Å². The number of rotatable bonds is 4. The Kier molecular flexibility index (Phi) is 4.74. The Bertz CT molecular complexity index is 830. The number of esters is 1. The second-order valence-corrected chi connectivity index (χ2v) is 6.04. The molecule has 3 aromatic rings. The predicted molar refractivity (Wildman–Crippen MR) is 94.0 cm³/mol. The van der Waals surface area contributed by atoms with Crippen molar-refractivity contribution in [1.29, 1.82) is 0 Å². The first kappa shape index (κ1) is 15.7. The number of halogens is 1. The molecule has 116 valence electrons. The van der Waals surface area contributed by atoms with Gasteiger partial charge in [-0.15, -0.1) is 0 Å². The van der Waals surface area contributed by atoms with Crippen LogP contribution in [0.25, 0.3) is 21.7 Å². The van der Waals surface area contributed by atoms with Gasteiger partial charge in [-0.2, -0.15) is 4.37 Å². The van der Waals surface area contributed by atoms with E-state index in [0.29, 0.717) is 22.9 Å². The summed E-state index contributed by atoms with van der Waals surface area (Å²) in [5.41, 5.74) is 2.85. The molecular formula is C18H14ClNO2S. The van der Waals surface area contributed by atoms with Crippen molar-refractivity contribution >= 4 is 29.1 Å². The first-order chi connectivity index (χ1) is 11.2. The Morgan fingerprint density at radius 3 is 2.57 bits per heavy atom. The summed E-state index contributed by atoms with van der Waals surface area (Å²) >= 11 is 7.36. The number of nitrogens with zero attached hydrogens (tertiary/aromatic N) is 1. The molecular weight excluding hydrogens is 330 g/mol. The molecule has 5 heteroatoms. The third kappa shape index (κ3) is 3.28. The van der Waals surface area contributed by atoms with Crippen molar-refractivity contribution in [1.82, 2.24) is 4.37 Å². The van der Waals surface area contributed by atoms with Gasteiger partial charge in [0.1, 0.15) is 5.56 Å². The molecule has 0 aliphatic heterocycles. The second-order valence-electron chi connectivity index (χ2n) is 4.83. The van der Waals surface area contributed by atoms with Crippen molar-refractivity contribution in [3.05, 3.63) is 65.2 Å². The molecule has 0 radical (unpaired) electrons. The normalized spacial score (nSPS) is 10.5. The zero-order chi connectivity index (χ0) is 16.2. The van der Waals surface area contributed by atoms with Gasteiger partial charge in [-0.1, -0.05) is 54.1 Å². The van der Waals surface area contributed by atoms with E-state index in [9.17, 15) is 4.79 Å². The summed E-state index contributed by atoms with van der Waals surface area (Å²) in [5, 5.41) is 0.603. The molecule has 0 aliphatic carbocycles. The highest BCUT2D eigenvalue weighted by Crippen LogP contribution is 2.36. The molecule has 0 N–H and O–H groups in total. The molecule has 0 bridgehead atoms. The molecule has 3 nitrogen and oxygen atoms in total. The van der Waals surface area contributed by atoms with E-state index in [1.165, 1.54) is 11.5 Å². The molecule has 0 aliphatic rings. The summed E-state index contributed by atoms with van der Waals surface area (Å²) < 4.78 is 9.72. The van der Waals surface area contributed by atoms with Crippen molar-refractivity contribution < 1.29 is 9.53 Å². The van der Waals surface area contributed by atoms with Gasteiger partial charge in [0.15, 0.2) is 0 Å². The summed E-state index contributed by atoms with van der Waals surface area (Å²) in [6, 6.07) is 17.0. The third-order valence-electron chi connectivity index (χ3n) is 3.31. The topological polar surface area (TPSA) is 39.2 Å². The molecule has 23 heavy (non-hydrogen) atoms. The van der Waals surface area contributed by atoms with Crippen molar-refractivity contribution in [3.8, 4) is 21.7 Å². The van der Waals surface area contributed by atoms with E-state index < -0.39 is 0 Å². The van der Waals surface area contributed by atoms with Crippen LogP contribution in [-0.4, -0.2) is 16.9 Å². The smallest absolute Gasteiger partial charge is 0.341 e. The number of ether oxygens (including phenoxy) is 1. The van der Waals surface area contributed by atoms with Gasteiger partial charge in [0.2, 0.25) is 0 Å². The molecule has 2 aromatic carbocycles.